The van der Waals surface area contributed by atoms with Gasteiger partial charge in [0.15, 0.2) is 15.8 Å². The number of carbonyl (C=O) groups is 2. The minimum absolute atomic E-state index is 0.0323. The third-order valence-electron chi connectivity index (χ3n) is 2.81. The topological polar surface area (TPSA) is 116 Å². The molecule has 3 rings (SSSR count). The number of ether oxygens (including phenoxy) is 2. The standard InChI is InChI=1S/C13H12N4O4S2/c14-12-16-17-13(23-12)22-6-10(18)15-11(19)9-5-20-7-3-1-2-4-8(7)21-9/h1-4,9H,5-6H2,(H2,14,16)(H,15,18,19)/t9-/m0/s1. The van der Waals surface area contributed by atoms with Crippen LogP contribution in [0.2, 0.25) is 0 Å². The third kappa shape index (κ3) is 3.90. The van der Waals surface area contributed by atoms with Gasteiger partial charge in [0.2, 0.25) is 17.1 Å². The second kappa shape index (κ2) is 6.84. The fourth-order valence-electron chi connectivity index (χ4n) is 1.81. The Morgan fingerprint density at radius 2 is 2.13 bits per heavy atom. The molecule has 0 spiro atoms. The Labute approximate surface area is 139 Å². The van der Waals surface area contributed by atoms with E-state index in [0.29, 0.717) is 21.0 Å². The van der Waals surface area contributed by atoms with Gasteiger partial charge in [-0.2, -0.15) is 0 Å². The first-order chi connectivity index (χ1) is 11.1. The van der Waals surface area contributed by atoms with Gasteiger partial charge in [0, 0.05) is 0 Å². The molecule has 0 saturated heterocycles. The van der Waals surface area contributed by atoms with Gasteiger partial charge in [-0.3, -0.25) is 14.9 Å². The summed E-state index contributed by atoms with van der Waals surface area (Å²) in [4.78, 5) is 23.8. The number of fused-ring (bicyclic) bond motifs is 1. The van der Waals surface area contributed by atoms with E-state index in [9.17, 15) is 9.59 Å². The van der Waals surface area contributed by atoms with Crippen molar-refractivity contribution in [2.45, 2.75) is 10.4 Å². The lowest BCUT2D eigenvalue weighted by molar-refractivity contribution is -0.135. The van der Waals surface area contributed by atoms with Crippen molar-refractivity contribution in [1.82, 2.24) is 15.5 Å². The molecule has 0 saturated carbocycles. The summed E-state index contributed by atoms with van der Waals surface area (Å²) in [5, 5.41) is 10.0. The number of hydrogen-bond donors (Lipinski definition) is 2. The van der Waals surface area contributed by atoms with E-state index in [2.05, 4.69) is 15.5 Å². The minimum atomic E-state index is -0.865. The van der Waals surface area contributed by atoms with Gasteiger partial charge in [-0.25, -0.2) is 0 Å². The maximum atomic E-state index is 12.0. The minimum Gasteiger partial charge on any atom is -0.485 e. The molecular weight excluding hydrogens is 340 g/mol. The quantitative estimate of drug-likeness (QED) is 0.772. The maximum absolute atomic E-state index is 12.0. The number of hydrogen-bond acceptors (Lipinski definition) is 9. The summed E-state index contributed by atoms with van der Waals surface area (Å²) in [5.74, 6) is 0.0975. The van der Waals surface area contributed by atoms with Gasteiger partial charge in [-0.05, 0) is 12.1 Å². The lowest BCUT2D eigenvalue weighted by Gasteiger charge is -2.25. The maximum Gasteiger partial charge on any atom is 0.271 e. The van der Waals surface area contributed by atoms with Crippen LogP contribution in [0, 0.1) is 0 Å². The molecular formula is C13H12N4O4S2. The number of carbonyl (C=O) groups excluding carboxylic acids is 2. The summed E-state index contributed by atoms with van der Waals surface area (Å²) in [6, 6.07) is 7.03. The predicted molar refractivity (Wildman–Crippen MR) is 84.5 cm³/mol. The molecule has 1 aliphatic rings. The van der Waals surface area contributed by atoms with E-state index >= 15 is 0 Å². The van der Waals surface area contributed by atoms with Gasteiger partial charge >= 0.3 is 0 Å². The fourth-order valence-corrected chi connectivity index (χ4v) is 3.24. The summed E-state index contributed by atoms with van der Waals surface area (Å²) in [5.41, 5.74) is 5.45. The Morgan fingerprint density at radius 1 is 1.35 bits per heavy atom. The van der Waals surface area contributed by atoms with Gasteiger partial charge in [0.25, 0.3) is 5.91 Å². The molecule has 2 heterocycles. The van der Waals surface area contributed by atoms with Crippen molar-refractivity contribution in [1.29, 1.82) is 0 Å². The molecule has 1 atom stereocenters. The number of rotatable bonds is 4. The van der Waals surface area contributed by atoms with Crippen molar-refractivity contribution in [3.8, 4) is 11.5 Å². The zero-order valence-electron chi connectivity index (χ0n) is 11.7. The molecule has 2 aromatic rings. The van der Waals surface area contributed by atoms with Crippen LogP contribution in [0.4, 0.5) is 5.13 Å². The molecule has 0 bridgehead atoms. The highest BCUT2D eigenvalue weighted by Gasteiger charge is 2.28. The number of thioether (sulfide) groups is 1. The first-order valence-electron chi connectivity index (χ1n) is 6.56. The van der Waals surface area contributed by atoms with Gasteiger partial charge in [0.05, 0.1) is 5.75 Å². The number of para-hydroxylation sites is 2. The monoisotopic (exact) mass is 352 g/mol. The number of nitrogens with one attached hydrogen (secondary N) is 1. The molecule has 23 heavy (non-hydrogen) atoms. The molecule has 0 unspecified atom stereocenters. The number of nitrogens with zero attached hydrogens (tertiary/aromatic N) is 2. The molecule has 0 radical (unpaired) electrons. The van der Waals surface area contributed by atoms with Crippen LogP contribution in [0.15, 0.2) is 28.6 Å². The van der Waals surface area contributed by atoms with Crippen molar-refractivity contribution in [3.63, 3.8) is 0 Å². The number of amides is 2. The molecule has 1 aliphatic heterocycles. The summed E-state index contributed by atoms with van der Waals surface area (Å²) >= 11 is 2.33. The van der Waals surface area contributed by atoms with Gasteiger partial charge in [0.1, 0.15) is 6.61 Å². The zero-order chi connectivity index (χ0) is 16.2. The Balaban J connectivity index is 1.50. The number of imide groups is 1. The number of benzene rings is 1. The second-order valence-corrected chi connectivity index (χ2v) is 6.70. The predicted octanol–water partition coefficient (Wildman–Crippen LogP) is 0.695. The molecule has 8 nitrogen and oxygen atoms in total. The second-order valence-electron chi connectivity index (χ2n) is 4.47. The van der Waals surface area contributed by atoms with Crippen molar-refractivity contribution in [2.75, 3.05) is 18.1 Å². The number of aromatic nitrogens is 2. The SMILES string of the molecule is Nc1nnc(SCC(=O)NC(=O)[C@@H]2COc3ccccc3O2)s1. The molecule has 0 fully saturated rings. The number of nitrogens with two attached hydrogens (primary N) is 1. The lowest BCUT2D eigenvalue weighted by atomic mass is 10.2. The van der Waals surface area contributed by atoms with Crippen molar-refractivity contribution >= 4 is 40.0 Å². The van der Waals surface area contributed by atoms with Gasteiger partial charge in [-0.15, -0.1) is 10.2 Å². The smallest absolute Gasteiger partial charge is 0.271 e. The van der Waals surface area contributed by atoms with Crippen LogP contribution in [0.1, 0.15) is 0 Å². The van der Waals surface area contributed by atoms with Crippen LogP contribution in [0.5, 0.6) is 11.5 Å². The van der Waals surface area contributed by atoms with E-state index in [1.807, 2.05) is 6.07 Å². The highest BCUT2D eigenvalue weighted by molar-refractivity contribution is 8.01. The van der Waals surface area contributed by atoms with Crippen molar-refractivity contribution < 1.29 is 19.1 Å². The normalized spacial score (nSPS) is 15.9. The molecule has 1 aromatic heterocycles. The van der Waals surface area contributed by atoms with Crippen molar-refractivity contribution in [2.24, 2.45) is 0 Å². The molecule has 3 N–H and O–H groups in total. The summed E-state index contributed by atoms with van der Waals surface area (Å²) in [6.07, 6.45) is -0.865. The van der Waals surface area contributed by atoms with E-state index in [-0.39, 0.29) is 12.4 Å². The van der Waals surface area contributed by atoms with Crippen LogP contribution in [0.3, 0.4) is 0 Å². The van der Waals surface area contributed by atoms with E-state index < -0.39 is 17.9 Å². The largest absolute Gasteiger partial charge is 0.485 e. The van der Waals surface area contributed by atoms with E-state index in [1.165, 1.54) is 11.3 Å². The molecule has 120 valence electrons. The highest BCUT2D eigenvalue weighted by atomic mass is 32.2. The summed E-state index contributed by atoms with van der Waals surface area (Å²) in [6.45, 7) is 0.0518. The molecule has 10 heteroatoms. The first kappa shape index (κ1) is 15.6. The van der Waals surface area contributed by atoms with Crippen LogP contribution in [0.25, 0.3) is 0 Å². The summed E-state index contributed by atoms with van der Waals surface area (Å²) < 4.78 is 11.5. The summed E-state index contributed by atoms with van der Waals surface area (Å²) in [7, 11) is 0. The Hall–Kier alpha value is -2.33. The Kier molecular flexibility index (Phi) is 4.63. The Morgan fingerprint density at radius 3 is 2.87 bits per heavy atom. The van der Waals surface area contributed by atoms with Gasteiger partial charge in [-0.1, -0.05) is 35.2 Å². The fraction of sp³-hybridized carbons (Fsp3) is 0.231. The van der Waals surface area contributed by atoms with E-state index in [1.54, 1.807) is 18.2 Å². The third-order valence-corrected chi connectivity index (χ3v) is 4.70. The highest BCUT2D eigenvalue weighted by Crippen LogP contribution is 2.30. The Bertz CT molecular complexity index is 736. The number of anilines is 1. The molecule has 0 aliphatic carbocycles. The van der Waals surface area contributed by atoms with Crippen LogP contribution in [-0.2, 0) is 9.59 Å². The first-order valence-corrected chi connectivity index (χ1v) is 8.36. The average molecular weight is 352 g/mol. The van der Waals surface area contributed by atoms with Crippen LogP contribution >= 0.6 is 23.1 Å². The molecule has 1 aromatic carbocycles. The van der Waals surface area contributed by atoms with Crippen LogP contribution in [-0.4, -0.2) is 40.5 Å². The van der Waals surface area contributed by atoms with E-state index in [0.717, 1.165) is 11.8 Å². The lowest BCUT2D eigenvalue weighted by Crippen LogP contribution is -2.46. The molecule has 2 amide bonds. The van der Waals surface area contributed by atoms with Crippen molar-refractivity contribution in [3.05, 3.63) is 24.3 Å². The van der Waals surface area contributed by atoms with Gasteiger partial charge < -0.3 is 15.2 Å². The number of nitrogen functional groups attached to an aromatic ring is 1. The van der Waals surface area contributed by atoms with E-state index in [4.69, 9.17) is 15.2 Å². The van der Waals surface area contributed by atoms with Crippen LogP contribution < -0.4 is 20.5 Å². The average Bonchev–Trinajstić information content (AvgIpc) is 2.98. The zero-order valence-corrected chi connectivity index (χ0v) is 13.4.